The zero-order valence-corrected chi connectivity index (χ0v) is 16.9. The summed E-state index contributed by atoms with van der Waals surface area (Å²) in [5.41, 5.74) is 3.34. The van der Waals surface area contributed by atoms with Gasteiger partial charge in [-0.3, -0.25) is 4.79 Å². The molecule has 8 heteroatoms. The first-order valence-corrected chi connectivity index (χ1v) is 9.41. The number of carbonyl (C=O) groups is 1. The number of amides is 1. The van der Waals surface area contributed by atoms with Crippen LogP contribution in [0.5, 0.6) is 11.5 Å². The van der Waals surface area contributed by atoms with Gasteiger partial charge < -0.3 is 19.2 Å². The maximum atomic E-state index is 13.3. The number of alkyl halides is 2. The van der Waals surface area contributed by atoms with Gasteiger partial charge in [0.25, 0.3) is 5.91 Å². The van der Waals surface area contributed by atoms with Gasteiger partial charge in [0.1, 0.15) is 11.6 Å². The Morgan fingerprint density at radius 3 is 2.43 bits per heavy atom. The van der Waals surface area contributed by atoms with Crippen LogP contribution in [0.4, 0.5) is 14.6 Å². The summed E-state index contributed by atoms with van der Waals surface area (Å²) in [5, 5.41) is 2.77. The largest absolute Gasteiger partial charge is 0.586 e. The number of fused-ring (bicyclic) bond motifs is 1. The third-order valence-corrected chi connectivity index (χ3v) is 4.82. The Morgan fingerprint density at radius 2 is 1.80 bits per heavy atom. The number of pyridine rings is 1. The molecule has 0 atom stereocenters. The number of carbonyl (C=O) groups excluding carboxylic acids is 1. The number of hydrogen-bond acceptors (Lipinski definition) is 5. The highest BCUT2D eigenvalue weighted by atomic mass is 19.3. The normalized spacial score (nSPS) is 14.2. The summed E-state index contributed by atoms with van der Waals surface area (Å²) in [5.74, 6) is 0.713. The highest BCUT2D eigenvalue weighted by Gasteiger charge is 2.43. The molecule has 0 aliphatic carbocycles. The number of furan rings is 1. The summed E-state index contributed by atoms with van der Waals surface area (Å²) < 4.78 is 41.1. The van der Waals surface area contributed by atoms with Gasteiger partial charge in [-0.25, -0.2) is 4.98 Å². The Balaban J connectivity index is 1.56. The van der Waals surface area contributed by atoms with E-state index in [9.17, 15) is 13.6 Å². The second-order valence-electron chi connectivity index (χ2n) is 7.48. The second-order valence-corrected chi connectivity index (χ2v) is 7.48. The lowest BCUT2D eigenvalue weighted by molar-refractivity contribution is -0.286. The third kappa shape index (κ3) is 3.60. The van der Waals surface area contributed by atoms with Crippen LogP contribution in [-0.4, -0.2) is 17.2 Å². The van der Waals surface area contributed by atoms with E-state index >= 15 is 0 Å². The topological polar surface area (TPSA) is 73.6 Å². The number of ether oxygens (including phenoxy) is 2. The molecule has 2 aromatic heterocycles. The molecule has 156 valence electrons. The third-order valence-electron chi connectivity index (χ3n) is 4.82. The van der Waals surface area contributed by atoms with Gasteiger partial charge in [0.05, 0.1) is 11.8 Å². The molecule has 0 spiro atoms. The number of halogens is 2. The van der Waals surface area contributed by atoms with Crippen molar-refractivity contribution in [2.75, 3.05) is 5.32 Å². The number of benzene rings is 1. The lowest BCUT2D eigenvalue weighted by atomic mass is 10.0. The molecule has 3 aromatic rings. The molecule has 0 radical (unpaired) electrons. The highest BCUT2D eigenvalue weighted by molar-refractivity contribution is 6.05. The fourth-order valence-corrected chi connectivity index (χ4v) is 3.39. The number of hydrogen-bond donors (Lipinski definition) is 1. The zero-order valence-electron chi connectivity index (χ0n) is 16.9. The first kappa shape index (κ1) is 19.9. The monoisotopic (exact) mass is 414 g/mol. The molecule has 0 saturated heterocycles. The van der Waals surface area contributed by atoms with E-state index in [0.29, 0.717) is 28.3 Å². The van der Waals surface area contributed by atoms with E-state index < -0.39 is 6.29 Å². The fourth-order valence-electron chi connectivity index (χ4n) is 3.39. The van der Waals surface area contributed by atoms with E-state index in [2.05, 4.69) is 19.8 Å². The molecule has 1 aliphatic heterocycles. The summed E-state index contributed by atoms with van der Waals surface area (Å²) in [6.45, 7) is 7.49. The van der Waals surface area contributed by atoms with Crippen molar-refractivity contribution < 1.29 is 27.5 Å². The van der Waals surface area contributed by atoms with Gasteiger partial charge in [0.15, 0.2) is 11.5 Å². The van der Waals surface area contributed by atoms with Crippen molar-refractivity contribution >= 4 is 11.7 Å². The molecule has 0 saturated carbocycles. The minimum atomic E-state index is -3.67. The van der Waals surface area contributed by atoms with Gasteiger partial charge in [-0.05, 0) is 49.2 Å². The quantitative estimate of drug-likeness (QED) is 0.597. The molecule has 1 N–H and O–H groups in total. The van der Waals surface area contributed by atoms with E-state index in [0.717, 1.165) is 11.1 Å². The van der Waals surface area contributed by atoms with Crippen molar-refractivity contribution in [3.8, 4) is 22.6 Å². The van der Waals surface area contributed by atoms with Crippen LogP contribution in [0.2, 0.25) is 0 Å². The Hall–Kier alpha value is -3.42. The van der Waals surface area contributed by atoms with Crippen molar-refractivity contribution in [1.82, 2.24) is 4.98 Å². The molecule has 6 nitrogen and oxygen atoms in total. The van der Waals surface area contributed by atoms with Crippen LogP contribution in [0.3, 0.4) is 0 Å². The van der Waals surface area contributed by atoms with Gasteiger partial charge in [0.2, 0.25) is 0 Å². The maximum absolute atomic E-state index is 13.3. The SMILES string of the molecule is Cc1cc2c(cc1-c1ccc(NC(=O)c3c(C)coc3C(C)C)nc1)OC(F)(F)O2. The predicted molar refractivity (Wildman–Crippen MR) is 106 cm³/mol. The zero-order chi connectivity index (χ0) is 21.6. The smallest absolute Gasteiger partial charge is 0.468 e. The van der Waals surface area contributed by atoms with Crippen LogP contribution >= 0.6 is 0 Å². The average molecular weight is 414 g/mol. The van der Waals surface area contributed by atoms with Gasteiger partial charge in [-0.1, -0.05) is 13.8 Å². The van der Waals surface area contributed by atoms with Gasteiger partial charge in [0, 0.05) is 23.2 Å². The summed E-state index contributed by atoms with van der Waals surface area (Å²) in [6.07, 6.45) is -0.545. The molecule has 30 heavy (non-hydrogen) atoms. The van der Waals surface area contributed by atoms with Crippen molar-refractivity contribution in [2.45, 2.75) is 39.9 Å². The number of anilines is 1. The summed E-state index contributed by atoms with van der Waals surface area (Å²) in [6, 6.07) is 6.38. The number of rotatable bonds is 4. The van der Waals surface area contributed by atoms with Gasteiger partial charge in [-0.15, -0.1) is 8.78 Å². The van der Waals surface area contributed by atoms with Crippen molar-refractivity contribution in [2.24, 2.45) is 0 Å². The summed E-state index contributed by atoms with van der Waals surface area (Å²) >= 11 is 0. The molecule has 4 rings (SSSR count). The van der Waals surface area contributed by atoms with E-state index in [4.69, 9.17) is 4.42 Å². The van der Waals surface area contributed by atoms with Crippen LogP contribution in [0.15, 0.2) is 41.1 Å². The lowest BCUT2D eigenvalue weighted by Crippen LogP contribution is -2.25. The van der Waals surface area contributed by atoms with E-state index in [-0.39, 0.29) is 23.3 Å². The van der Waals surface area contributed by atoms with Crippen LogP contribution < -0.4 is 14.8 Å². The first-order chi connectivity index (χ1) is 14.1. The maximum Gasteiger partial charge on any atom is 0.586 e. The molecular weight excluding hydrogens is 394 g/mol. The van der Waals surface area contributed by atoms with E-state index in [1.54, 1.807) is 31.5 Å². The number of aromatic nitrogens is 1. The lowest BCUT2D eigenvalue weighted by Gasteiger charge is -2.10. The van der Waals surface area contributed by atoms with Crippen molar-refractivity contribution in [3.63, 3.8) is 0 Å². The molecule has 3 heterocycles. The minimum Gasteiger partial charge on any atom is -0.468 e. The molecule has 1 aliphatic rings. The molecular formula is C22H20F2N2O4. The standard InChI is InChI=1S/C22H20F2N2O4/c1-11(2)20-19(13(4)10-28-20)21(27)26-18-6-5-14(9-25-18)15-8-17-16(7-12(15)3)29-22(23,24)30-17/h5-11H,1-4H3,(H,25,26,27). The second kappa shape index (κ2) is 7.12. The van der Waals surface area contributed by atoms with Crippen molar-refractivity contribution in [1.29, 1.82) is 0 Å². The molecule has 0 unspecified atom stereocenters. The number of aryl methyl sites for hydroxylation is 2. The van der Waals surface area contributed by atoms with Crippen molar-refractivity contribution in [3.05, 3.63) is 59.2 Å². The minimum absolute atomic E-state index is 0.00506. The average Bonchev–Trinajstić information content (AvgIpc) is 3.19. The number of nitrogens with zero attached hydrogens (tertiary/aromatic N) is 1. The molecule has 0 fully saturated rings. The molecule has 0 bridgehead atoms. The van der Waals surface area contributed by atoms with Gasteiger partial charge >= 0.3 is 6.29 Å². The molecule has 1 aromatic carbocycles. The Labute approximate surface area is 171 Å². The predicted octanol–water partition coefficient (Wildman–Crippen LogP) is 5.66. The Bertz CT molecular complexity index is 1120. The highest BCUT2D eigenvalue weighted by Crippen LogP contribution is 2.44. The number of nitrogens with one attached hydrogen (secondary N) is 1. The van der Waals surface area contributed by atoms with E-state index in [1.807, 2.05) is 20.8 Å². The molecule has 1 amide bonds. The van der Waals surface area contributed by atoms with Crippen LogP contribution in [-0.2, 0) is 0 Å². The summed E-state index contributed by atoms with van der Waals surface area (Å²) in [7, 11) is 0. The first-order valence-electron chi connectivity index (χ1n) is 9.41. The Morgan fingerprint density at radius 1 is 1.10 bits per heavy atom. The van der Waals surface area contributed by atoms with Crippen LogP contribution in [0.1, 0.15) is 47.0 Å². The summed E-state index contributed by atoms with van der Waals surface area (Å²) in [4.78, 5) is 17.0. The van der Waals surface area contributed by atoms with Gasteiger partial charge in [-0.2, -0.15) is 0 Å². The van der Waals surface area contributed by atoms with Crippen LogP contribution in [0.25, 0.3) is 11.1 Å². The van der Waals surface area contributed by atoms with Crippen LogP contribution in [0, 0.1) is 13.8 Å². The fraction of sp³-hybridized carbons (Fsp3) is 0.273. The van der Waals surface area contributed by atoms with E-state index in [1.165, 1.54) is 12.1 Å². The Kier molecular flexibility index (Phi) is 4.72.